The van der Waals surface area contributed by atoms with E-state index in [1.165, 1.54) is 16.0 Å². The lowest BCUT2D eigenvalue weighted by atomic mass is 10.1. The second-order valence-electron chi connectivity index (χ2n) is 6.07. The van der Waals surface area contributed by atoms with Crippen molar-refractivity contribution < 1.29 is 9.59 Å². The number of H-pyrrole nitrogens is 1. The Hall–Kier alpha value is -3.79. The van der Waals surface area contributed by atoms with E-state index >= 15 is 0 Å². The molecule has 3 heterocycles. The van der Waals surface area contributed by atoms with Crippen LogP contribution in [0.4, 0.5) is 0 Å². The maximum absolute atomic E-state index is 12.6. The van der Waals surface area contributed by atoms with Crippen LogP contribution in [0.1, 0.15) is 27.9 Å². The molecule has 10 heteroatoms. The molecule has 0 aliphatic carbocycles. The molecule has 1 aromatic carbocycles. The highest BCUT2D eigenvalue weighted by Gasteiger charge is 2.18. The summed E-state index contributed by atoms with van der Waals surface area (Å²) in [5, 5.41) is 13.6. The number of aromatic amines is 1. The van der Waals surface area contributed by atoms with Crippen LogP contribution in [0.3, 0.4) is 0 Å². The van der Waals surface area contributed by atoms with Crippen LogP contribution in [0.25, 0.3) is 21.3 Å². The van der Waals surface area contributed by atoms with E-state index in [1.54, 1.807) is 37.3 Å². The van der Waals surface area contributed by atoms with Gasteiger partial charge in [-0.1, -0.05) is 24.3 Å². The van der Waals surface area contributed by atoms with Gasteiger partial charge in [-0.15, -0.1) is 11.3 Å². The predicted octanol–water partition coefficient (Wildman–Crippen LogP) is 1.94. The fourth-order valence-corrected chi connectivity index (χ4v) is 3.54. The largest absolute Gasteiger partial charge is 0.290 e. The van der Waals surface area contributed by atoms with Crippen molar-refractivity contribution in [3.05, 3.63) is 69.6 Å². The summed E-state index contributed by atoms with van der Waals surface area (Å²) in [7, 11) is 0. The highest BCUT2D eigenvalue weighted by Crippen LogP contribution is 2.22. The third-order valence-corrected chi connectivity index (χ3v) is 5.17. The lowest BCUT2D eigenvalue weighted by Crippen LogP contribution is -2.43. The Balaban J connectivity index is 1.54. The van der Waals surface area contributed by atoms with Crippen LogP contribution in [-0.4, -0.2) is 31.8 Å². The van der Waals surface area contributed by atoms with Gasteiger partial charge in [0.2, 0.25) is 0 Å². The van der Waals surface area contributed by atoms with Crippen molar-refractivity contribution in [2.75, 3.05) is 0 Å². The van der Waals surface area contributed by atoms with Crippen LogP contribution in [0.5, 0.6) is 0 Å². The Kier molecular flexibility index (Phi) is 4.92. The molecule has 0 fully saturated rings. The molecule has 0 unspecified atom stereocenters. The van der Waals surface area contributed by atoms with Crippen LogP contribution in [0.2, 0.25) is 0 Å². The van der Waals surface area contributed by atoms with Gasteiger partial charge < -0.3 is 0 Å². The third kappa shape index (κ3) is 3.52. The second-order valence-corrected chi connectivity index (χ2v) is 7.02. The van der Waals surface area contributed by atoms with Crippen molar-refractivity contribution in [1.82, 2.24) is 30.8 Å². The van der Waals surface area contributed by atoms with Crippen LogP contribution in [0, 0.1) is 0 Å². The first-order valence-corrected chi connectivity index (χ1v) is 9.66. The maximum Gasteiger partial charge on any atom is 0.290 e. The first-order chi connectivity index (χ1) is 14.1. The zero-order chi connectivity index (χ0) is 20.4. The first kappa shape index (κ1) is 18.6. The van der Waals surface area contributed by atoms with Crippen molar-refractivity contribution in [1.29, 1.82) is 0 Å². The van der Waals surface area contributed by atoms with Crippen molar-refractivity contribution in [2.24, 2.45) is 0 Å². The Morgan fingerprint density at radius 2 is 1.86 bits per heavy atom. The molecular formula is C19H16N6O3S. The Morgan fingerprint density at radius 1 is 1.10 bits per heavy atom. The standard InChI is InChI=1S/C19H16N6O3S/c1-2-25-19(28)12-7-4-3-6-11(12)16(24-25)18(27)23-22-17(26)14-10-13(20-21-14)15-8-5-9-29-15/h3-10H,2H2,1H3,(H,20,21)(H,22,26)(H,23,27). The number of amides is 2. The molecule has 0 spiro atoms. The Bertz CT molecular complexity index is 1260. The van der Waals surface area contributed by atoms with Gasteiger partial charge in [0.25, 0.3) is 17.4 Å². The topological polar surface area (TPSA) is 122 Å². The molecule has 0 atom stereocenters. The zero-order valence-corrected chi connectivity index (χ0v) is 16.1. The van der Waals surface area contributed by atoms with E-state index in [0.717, 1.165) is 4.88 Å². The minimum Gasteiger partial charge on any atom is -0.276 e. The number of nitrogens with zero attached hydrogens (tertiary/aromatic N) is 3. The van der Waals surface area contributed by atoms with Gasteiger partial charge in [0.15, 0.2) is 11.4 Å². The van der Waals surface area contributed by atoms with Crippen molar-refractivity contribution in [2.45, 2.75) is 13.5 Å². The van der Waals surface area contributed by atoms with Gasteiger partial charge in [-0.05, 0) is 30.5 Å². The minimum absolute atomic E-state index is 0.0450. The van der Waals surface area contributed by atoms with Gasteiger partial charge >= 0.3 is 0 Å². The first-order valence-electron chi connectivity index (χ1n) is 8.78. The fourth-order valence-electron chi connectivity index (χ4n) is 2.85. The summed E-state index contributed by atoms with van der Waals surface area (Å²) in [6, 6.07) is 12.1. The van der Waals surface area contributed by atoms with Gasteiger partial charge in [0, 0.05) is 11.9 Å². The maximum atomic E-state index is 12.6. The van der Waals surface area contributed by atoms with Crippen molar-refractivity contribution in [3.8, 4) is 10.6 Å². The lowest BCUT2D eigenvalue weighted by molar-refractivity contribution is 0.0841. The molecule has 2 amide bonds. The molecule has 0 bridgehead atoms. The number of hydrazine groups is 1. The van der Waals surface area contributed by atoms with Gasteiger partial charge in [-0.2, -0.15) is 10.2 Å². The zero-order valence-electron chi connectivity index (χ0n) is 15.3. The molecule has 0 radical (unpaired) electrons. The molecule has 9 nitrogen and oxygen atoms in total. The molecule has 3 aromatic heterocycles. The summed E-state index contributed by atoms with van der Waals surface area (Å²) < 4.78 is 1.21. The molecule has 3 N–H and O–H groups in total. The van der Waals surface area contributed by atoms with E-state index < -0.39 is 11.8 Å². The summed E-state index contributed by atoms with van der Waals surface area (Å²) in [6.07, 6.45) is 0. The highest BCUT2D eigenvalue weighted by atomic mass is 32.1. The van der Waals surface area contributed by atoms with Crippen molar-refractivity contribution >= 4 is 33.9 Å². The number of hydrogen-bond donors (Lipinski definition) is 3. The van der Waals surface area contributed by atoms with E-state index in [0.29, 0.717) is 23.0 Å². The fraction of sp³-hybridized carbons (Fsp3) is 0.105. The number of carbonyl (C=O) groups excluding carboxylic acids is 2. The van der Waals surface area contributed by atoms with E-state index in [2.05, 4.69) is 26.1 Å². The molecule has 4 rings (SSSR count). The molecule has 0 aliphatic heterocycles. The Labute approximate surface area is 168 Å². The highest BCUT2D eigenvalue weighted by molar-refractivity contribution is 7.13. The van der Waals surface area contributed by atoms with Crippen LogP contribution >= 0.6 is 11.3 Å². The van der Waals surface area contributed by atoms with Gasteiger partial charge in [0.05, 0.1) is 16.0 Å². The SMILES string of the molecule is CCn1nc(C(=O)NNC(=O)c2cc(-c3cccs3)[nH]n2)c2ccccc2c1=O. The molecule has 4 aromatic rings. The van der Waals surface area contributed by atoms with E-state index in [4.69, 9.17) is 0 Å². The summed E-state index contributed by atoms with van der Waals surface area (Å²) in [6.45, 7) is 2.07. The monoisotopic (exact) mass is 408 g/mol. The summed E-state index contributed by atoms with van der Waals surface area (Å²) >= 11 is 1.51. The van der Waals surface area contributed by atoms with Crippen LogP contribution in [0.15, 0.2) is 52.6 Å². The number of aromatic nitrogens is 4. The van der Waals surface area contributed by atoms with E-state index in [9.17, 15) is 14.4 Å². The molecule has 0 saturated heterocycles. The number of rotatable bonds is 4. The third-order valence-electron chi connectivity index (χ3n) is 4.27. The normalized spacial score (nSPS) is 10.8. The number of hydrogen-bond acceptors (Lipinski definition) is 6. The summed E-state index contributed by atoms with van der Waals surface area (Å²) in [5.74, 6) is -1.21. The van der Waals surface area contributed by atoms with Crippen LogP contribution in [-0.2, 0) is 6.54 Å². The van der Waals surface area contributed by atoms with Gasteiger partial charge in [-0.3, -0.25) is 30.3 Å². The predicted molar refractivity (Wildman–Crippen MR) is 109 cm³/mol. The number of benzene rings is 1. The quantitative estimate of drug-likeness (QED) is 0.446. The number of nitrogens with one attached hydrogen (secondary N) is 3. The molecule has 29 heavy (non-hydrogen) atoms. The molecular weight excluding hydrogens is 392 g/mol. The van der Waals surface area contributed by atoms with E-state index in [-0.39, 0.29) is 16.9 Å². The molecule has 146 valence electrons. The summed E-state index contributed by atoms with van der Waals surface area (Å²) in [5.41, 5.74) is 5.27. The van der Waals surface area contributed by atoms with E-state index in [1.807, 2.05) is 17.5 Å². The summed E-state index contributed by atoms with van der Waals surface area (Å²) in [4.78, 5) is 38.3. The van der Waals surface area contributed by atoms with Gasteiger partial charge in [0.1, 0.15) is 0 Å². The van der Waals surface area contributed by atoms with Crippen molar-refractivity contribution in [3.63, 3.8) is 0 Å². The smallest absolute Gasteiger partial charge is 0.276 e. The average molecular weight is 408 g/mol. The lowest BCUT2D eigenvalue weighted by Gasteiger charge is -2.10. The second kappa shape index (κ2) is 7.68. The average Bonchev–Trinajstić information content (AvgIpc) is 3.44. The minimum atomic E-state index is -0.634. The van der Waals surface area contributed by atoms with Gasteiger partial charge in [-0.25, -0.2) is 4.68 Å². The van der Waals surface area contributed by atoms with Crippen LogP contribution < -0.4 is 16.4 Å². The Morgan fingerprint density at radius 3 is 2.59 bits per heavy atom. The number of carbonyl (C=O) groups is 2. The molecule has 0 aliphatic rings. The number of aryl methyl sites for hydroxylation is 1. The number of thiophene rings is 1. The molecule has 0 saturated carbocycles. The number of fused-ring (bicyclic) bond motifs is 1.